The Balaban J connectivity index is 1.04. The van der Waals surface area contributed by atoms with Crippen LogP contribution in [-0.4, -0.2) is 87.5 Å². The Morgan fingerprint density at radius 2 is 1.51 bits per heavy atom. The molecule has 6 saturated carbocycles. The Kier molecular flexibility index (Phi) is 13.7. The van der Waals surface area contributed by atoms with Crippen LogP contribution in [0.25, 0.3) is 0 Å². The largest absolute Gasteiger partial charge is 0.481 e. The number of ether oxygens (including phenoxy) is 1. The lowest BCUT2D eigenvalue weighted by Gasteiger charge is -2.75. The fourth-order valence-corrected chi connectivity index (χ4v) is 21.0. The molecule has 1 heterocycles. The Morgan fingerprint density at radius 3 is 2.10 bits per heavy atom. The standard InChI is InChI=1S/C58H94N2O7SSi/c1-38(2)41-23-28-57(59-36-44(60-31-33-68(64,65)34-32-60)39(3)67-69(14,15)51(4,5)6)30-29-55(12)42(48(41)57)21-22-47-54(11)26-24-46(52(7,8)45(54)25-27-56(47,55)13)58(50(62)63)35-43(53(58,9)10)49(61)66-37-40-19-17-16-18-20-40/h16-20,39,41-48,59H,1,21-37H2,2-15H3,(H,62,63)/t39-,41+,42-,43+,44-,45-,46+,47-,48-,54-,55-,56-,57+,58-/m1/s1. The molecule has 9 nitrogen and oxygen atoms in total. The Morgan fingerprint density at radius 1 is 0.870 bits per heavy atom. The number of aliphatic carboxylic acids is 1. The van der Waals surface area contributed by atoms with Crippen molar-refractivity contribution in [3.8, 4) is 0 Å². The molecule has 69 heavy (non-hydrogen) atoms. The van der Waals surface area contributed by atoms with Gasteiger partial charge in [-0.1, -0.05) is 112 Å². The molecule has 11 heteroatoms. The molecule has 6 aliphatic carbocycles. The summed E-state index contributed by atoms with van der Waals surface area (Å²) in [6, 6.07) is 9.82. The van der Waals surface area contributed by atoms with Crippen molar-refractivity contribution in [3.05, 3.63) is 48.0 Å². The summed E-state index contributed by atoms with van der Waals surface area (Å²) in [5.74, 6) is 1.32. The highest BCUT2D eigenvalue weighted by Gasteiger charge is 2.76. The van der Waals surface area contributed by atoms with E-state index in [2.05, 4.69) is 92.5 Å². The van der Waals surface area contributed by atoms with Crippen LogP contribution in [0.3, 0.4) is 0 Å². The number of nitrogens with zero attached hydrogens (tertiary/aromatic N) is 1. The van der Waals surface area contributed by atoms with Crippen molar-refractivity contribution in [3.63, 3.8) is 0 Å². The number of esters is 1. The molecular formula is C58H94N2O7SSi. The lowest BCUT2D eigenvalue weighted by Crippen LogP contribution is -2.72. The molecule has 1 aromatic rings. The highest BCUT2D eigenvalue weighted by Crippen LogP contribution is 2.79. The molecule has 0 amide bonds. The minimum Gasteiger partial charge on any atom is -0.481 e. The first kappa shape index (κ1) is 53.2. The van der Waals surface area contributed by atoms with Crippen LogP contribution >= 0.6 is 0 Å². The minimum absolute atomic E-state index is 0.0124. The smallest absolute Gasteiger partial charge is 0.310 e. The quantitative estimate of drug-likeness (QED) is 0.113. The van der Waals surface area contributed by atoms with Gasteiger partial charge in [-0.3, -0.25) is 14.5 Å². The minimum atomic E-state index is -3.03. The summed E-state index contributed by atoms with van der Waals surface area (Å²) in [5, 5.41) is 15.9. The van der Waals surface area contributed by atoms with Gasteiger partial charge in [0.05, 0.1) is 28.9 Å². The zero-order valence-electron chi connectivity index (χ0n) is 45.6. The zero-order chi connectivity index (χ0) is 50.8. The number of carbonyl (C=O) groups is 2. The van der Waals surface area contributed by atoms with Gasteiger partial charge in [-0.25, -0.2) is 8.42 Å². The summed E-state index contributed by atoms with van der Waals surface area (Å²) in [7, 11) is -5.13. The van der Waals surface area contributed by atoms with Crippen molar-refractivity contribution in [2.45, 2.75) is 196 Å². The summed E-state index contributed by atoms with van der Waals surface area (Å²) >= 11 is 0. The zero-order valence-corrected chi connectivity index (χ0v) is 47.4. The van der Waals surface area contributed by atoms with Crippen molar-refractivity contribution < 1.29 is 32.3 Å². The third-order valence-electron chi connectivity index (χ3n) is 23.5. The van der Waals surface area contributed by atoms with Crippen LogP contribution in [0.2, 0.25) is 18.1 Å². The van der Waals surface area contributed by atoms with E-state index in [4.69, 9.17) is 15.7 Å². The van der Waals surface area contributed by atoms with Crippen molar-refractivity contribution >= 4 is 30.1 Å². The third-order valence-corrected chi connectivity index (χ3v) is 29.7. The number of rotatable bonds is 13. The second-order valence-corrected chi connectivity index (χ2v) is 34.9. The van der Waals surface area contributed by atoms with Gasteiger partial charge in [0.1, 0.15) is 6.61 Å². The number of allylic oxidation sites excluding steroid dienone is 1. The molecule has 1 saturated heterocycles. The fraction of sp³-hybridized carbons (Fsp3) is 0.828. The molecule has 388 valence electrons. The van der Waals surface area contributed by atoms with Gasteiger partial charge in [0.25, 0.3) is 0 Å². The van der Waals surface area contributed by atoms with Crippen LogP contribution in [0.4, 0.5) is 0 Å². The first-order valence-electron chi connectivity index (χ1n) is 27.3. The van der Waals surface area contributed by atoms with Gasteiger partial charge in [0.15, 0.2) is 18.2 Å². The van der Waals surface area contributed by atoms with Crippen molar-refractivity contribution in [1.29, 1.82) is 0 Å². The monoisotopic (exact) mass is 991 g/mol. The van der Waals surface area contributed by atoms with E-state index in [-0.39, 0.29) is 74.4 Å². The van der Waals surface area contributed by atoms with E-state index >= 15 is 0 Å². The number of carbonyl (C=O) groups excluding carboxylic acids is 1. The molecule has 7 aliphatic rings. The molecule has 2 N–H and O–H groups in total. The van der Waals surface area contributed by atoms with Crippen LogP contribution in [0.1, 0.15) is 159 Å². The molecule has 8 rings (SSSR count). The van der Waals surface area contributed by atoms with Crippen LogP contribution in [0.15, 0.2) is 42.5 Å². The molecular weight excluding hydrogens is 897 g/mol. The molecule has 0 bridgehead atoms. The summed E-state index contributed by atoms with van der Waals surface area (Å²) in [6.45, 7) is 39.8. The summed E-state index contributed by atoms with van der Waals surface area (Å²) in [5.41, 5.74) is 0.624. The van der Waals surface area contributed by atoms with E-state index in [1.165, 1.54) is 24.8 Å². The van der Waals surface area contributed by atoms with Crippen LogP contribution in [-0.2, 0) is 35.2 Å². The molecule has 1 aliphatic heterocycles. The van der Waals surface area contributed by atoms with Gasteiger partial charge in [0.2, 0.25) is 0 Å². The van der Waals surface area contributed by atoms with Crippen LogP contribution in [0.5, 0.6) is 0 Å². The van der Waals surface area contributed by atoms with Crippen molar-refractivity contribution in [2.24, 2.45) is 73.9 Å². The van der Waals surface area contributed by atoms with Crippen LogP contribution < -0.4 is 5.32 Å². The maximum Gasteiger partial charge on any atom is 0.310 e. The highest BCUT2D eigenvalue weighted by molar-refractivity contribution is 7.91. The van der Waals surface area contributed by atoms with Gasteiger partial charge in [-0.2, -0.15) is 0 Å². The summed E-state index contributed by atoms with van der Waals surface area (Å²) in [4.78, 5) is 30.1. The van der Waals surface area contributed by atoms with E-state index in [0.717, 1.165) is 57.1 Å². The second-order valence-electron chi connectivity index (χ2n) is 27.8. The number of carboxylic acids is 1. The first-order chi connectivity index (χ1) is 31.9. The summed E-state index contributed by atoms with van der Waals surface area (Å²) < 4.78 is 38.5. The predicted molar refractivity (Wildman–Crippen MR) is 281 cm³/mol. The number of fused-ring (bicyclic) bond motifs is 7. The molecule has 1 aromatic carbocycles. The number of hydrogen-bond acceptors (Lipinski definition) is 8. The van der Waals surface area contributed by atoms with Gasteiger partial charge >= 0.3 is 11.9 Å². The molecule has 0 aromatic heterocycles. The molecule has 0 unspecified atom stereocenters. The lowest BCUT2D eigenvalue weighted by molar-refractivity contribution is -0.267. The van der Waals surface area contributed by atoms with Gasteiger partial charge in [-0.05, 0) is 171 Å². The molecule has 0 spiro atoms. The van der Waals surface area contributed by atoms with Crippen LogP contribution in [0, 0.1) is 73.9 Å². The van der Waals surface area contributed by atoms with E-state index < -0.39 is 40.9 Å². The van der Waals surface area contributed by atoms with Gasteiger partial charge in [-0.15, -0.1) is 0 Å². The third kappa shape index (κ3) is 8.33. The number of carboxylic acid groups (broad SMARTS) is 1. The highest BCUT2D eigenvalue weighted by atomic mass is 32.2. The molecule has 0 radical (unpaired) electrons. The topological polar surface area (TPSA) is 122 Å². The normalized spacial score (nSPS) is 41.2. The van der Waals surface area contributed by atoms with E-state index in [9.17, 15) is 23.1 Å². The molecule has 14 atom stereocenters. The fourth-order valence-electron chi connectivity index (χ4n) is 18.3. The second kappa shape index (κ2) is 17.8. The average molecular weight is 992 g/mol. The van der Waals surface area contributed by atoms with Crippen molar-refractivity contribution in [2.75, 3.05) is 31.1 Å². The Hall–Kier alpha value is -2.05. The maximum absolute atomic E-state index is 13.9. The average Bonchev–Trinajstić information content (AvgIpc) is 3.64. The Bertz CT molecular complexity index is 2230. The summed E-state index contributed by atoms with van der Waals surface area (Å²) in [6.07, 6.45) is 11.5. The number of nitrogens with one attached hydrogen (secondary N) is 1. The first-order valence-corrected chi connectivity index (χ1v) is 32.0. The number of hydrogen-bond donors (Lipinski definition) is 2. The number of benzene rings is 1. The van der Waals surface area contributed by atoms with Gasteiger partial charge < -0.3 is 19.6 Å². The predicted octanol–water partition coefficient (Wildman–Crippen LogP) is 12.0. The Labute approximate surface area is 419 Å². The van der Waals surface area contributed by atoms with Crippen molar-refractivity contribution in [1.82, 2.24) is 10.2 Å². The van der Waals surface area contributed by atoms with Gasteiger partial charge in [0, 0.05) is 31.2 Å². The maximum atomic E-state index is 13.9. The van der Waals surface area contributed by atoms with E-state index in [0.29, 0.717) is 49.1 Å². The SMILES string of the molecule is C=C(C)[C@@H]1CC[C@]2(NC[C@H]([C@@H](C)O[Si](C)(C)C(C)(C)C)N3CCS(=O)(=O)CC3)CC[C@]3(C)[C@H](CC[C@@H]4[C@]5(C)CC[C@H]([C@@]6(C(=O)O)C[C@@H](C(=O)OCc7ccccc7)C6(C)C)C(C)(C)[C@H]5CC[C@]43C)[C@@H]12. The van der Waals surface area contributed by atoms with E-state index in [1.54, 1.807) is 0 Å². The van der Waals surface area contributed by atoms with E-state index in [1.807, 2.05) is 44.2 Å². The lowest BCUT2D eigenvalue weighted by atomic mass is 9.29. The number of sulfone groups is 1. The molecule has 7 fully saturated rings.